The molecule has 6 heteroatoms. The van der Waals surface area contributed by atoms with Crippen molar-refractivity contribution < 1.29 is 17.9 Å². The highest BCUT2D eigenvalue weighted by Crippen LogP contribution is 2.26. The normalized spacial score (nSPS) is 12.6. The van der Waals surface area contributed by atoms with Gasteiger partial charge in [0, 0.05) is 11.9 Å². The number of nitrogens with one attached hydrogen (secondary N) is 1. The van der Waals surface area contributed by atoms with Crippen molar-refractivity contribution >= 4 is 32.2 Å². The van der Waals surface area contributed by atoms with Gasteiger partial charge in [-0.05, 0) is 53.6 Å². The molecule has 0 unspecified atom stereocenters. The Kier molecular flexibility index (Phi) is 5.19. The quantitative estimate of drug-likeness (QED) is 0.723. The molecule has 3 aromatic carbocycles. The van der Waals surface area contributed by atoms with Crippen LogP contribution in [-0.2, 0) is 14.6 Å². The molecule has 27 heavy (non-hydrogen) atoms. The van der Waals surface area contributed by atoms with E-state index in [2.05, 4.69) is 5.32 Å². The number of rotatable bonds is 5. The molecule has 1 N–H and O–H groups in total. The second-order valence-corrected chi connectivity index (χ2v) is 8.50. The van der Waals surface area contributed by atoms with Gasteiger partial charge >= 0.3 is 0 Å². The molecule has 3 aromatic rings. The Morgan fingerprint density at radius 1 is 1.00 bits per heavy atom. The summed E-state index contributed by atoms with van der Waals surface area (Å²) in [6.07, 6.45) is 1.14. The van der Waals surface area contributed by atoms with Gasteiger partial charge in [0.05, 0.1) is 17.9 Å². The lowest BCUT2D eigenvalue weighted by atomic mass is 9.97. The zero-order chi connectivity index (χ0) is 19.6. The summed E-state index contributed by atoms with van der Waals surface area (Å²) in [5.74, 6) is 0.193. The molecule has 140 valence electrons. The lowest BCUT2D eigenvalue weighted by Gasteiger charge is -2.14. The first kappa shape index (κ1) is 18.9. The number of anilines is 1. The SMILES string of the molecule is COc1ccc2cc([C@@H](C)C(=O)Nc3cccc(S(C)(=O)=O)c3)ccc2c1. The first-order valence-corrected chi connectivity index (χ1v) is 10.4. The van der Waals surface area contributed by atoms with Crippen LogP contribution < -0.4 is 10.1 Å². The fourth-order valence-electron chi connectivity index (χ4n) is 2.84. The van der Waals surface area contributed by atoms with Crippen LogP contribution >= 0.6 is 0 Å². The molecule has 0 bridgehead atoms. The maximum Gasteiger partial charge on any atom is 0.231 e. The molecule has 0 fully saturated rings. The number of carbonyl (C=O) groups is 1. The molecule has 0 aliphatic rings. The van der Waals surface area contributed by atoms with Gasteiger partial charge in [0.1, 0.15) is 5.75 Å². The fraction of sp³-hybridized carbons (Fsp3) is 0.190. The Bertz CT molecular complexity index is 1110. The summed E-state index contributed by atoms with van der Waals surface area (Å²) in [6.45, 7) is 1.82. The van der Waals surface area contributed by atoms with Crippen LogP contribution in [-0.4, -0.2) is 27.7 Å². The van der Waals surface area contributed by atoms with Crippen LogP contribution in [0.5, 0.6) is 5.75 Å². The van der Waals surface area contributed by atoms with Crippen molar-refractivity contribution in [2.75, 3.05) is 18.7 Å². The van der Waals surface area contributed by atoms with Crippen LogP contribution in [0.1, 0.15) is 18.4 Å². The highest BCUT2D eigenvalue weighted by molar-refractivity contribution is 7.90. The molecule has 5 nitrogen and oxygen atoms in total. The third kappa shape index (κ3) is 4.28. The summed E-state index contributed by atoms with van der Waals surface area (Å²) >= 11 is 0. The van der Waals surface area contributed by atoms with Crippen LogP contribution in [0.3, 0.4) is 0 Å². The standard InChI is InChI=1S/C21H21NO4S/c1-14(15-7-8-17-12-19(26-2)10-9-16(17)11-15)21(23)22-18-5-4-6-20(13-18)27(3,24)25/h4-14H,1-3H3,(H,22,23)/t14-/m1/s1. The molecular formula is C21H21NO4S. The van der Waals surface area contributed by atoms with Gasteiger partial charge in [-0.2, -0.15) is 0 Å². The van der Waals surface area contributed by atoms with E-state index < -0.39 is 15.8 Å². The van der Waals surface area contributed by atoms with Crippen molar-refractivity contribution in [2.24, 2.45) is 0 Å². The molecule has 0 spiro atoms. The summed E-state index contributed by atoms with van der Waals surface area (Å²) in [5.41, 5.74) is 1.34. The Hall–Kier alpha value is -2.86. The maximum atomic E-state index is 12.6. The van der Waals surface area contributed by atoms with Crippen molar-refractivity contribution in [2.45, 2.75) is 17.7 Å². The van der Waals surface area contributed by atoms with Crippen LogP contribution in [0.4, 0.5) is 5.69 Å². The van der Waals surface area contributed by atoms with Gasteiger partial charge in [-0.25, -0.2) is 8.42 Å². The van der Waals surface area contributed by atoms with Crippen molar-refractivity contribution in [1.29, 1.82) is 0 Å². The first-order valence-electron chi connectivity index (χ1n) is 8.46. The fourth-order valence-corrected chi connectivity index (χ4v) is 3.51. The van der Waals surface area contributed by atoms with E-state index in [9.17, 15) is 13.2 Å². The van der Waals surface area contributed by atoms with Crippen molar-refractivity contribution in [3.05, 3.63) is 66.2 Å². The van der Waals surface area contributed by atoms with Gasteiger partial charge in [-0.3, -0.25) is 4.79 Å². The summed E-state index contributed by atoms with van der Waals surface area (Å²) < 4.78 is 28.6. The van der Waals surface area contributed by atoms with E-state index in [1.807, 2.05) is 43.3 Å². The largest absolute Gasteiger partial charge is 0.497 e. The Morgan fingerprint density at radius 3 is 2.41 bits per heavy atom. The van der Waals surface area contributed by atoms with Crippen LogP contribution in [0.25, 0.3) is 10.8 Å². The van der Waals surface area contributed by atoms with Gasteiger partial charge in [0.25, 0.3) is 0 Å². The van der Waals surface area contributed by atoms with E-state index in [0.29, 0.717) is 5.69 Å². The number of methoxy groups -OCH3 is 1. The van der Waals surface area contributed by atoms with E-state index >= 15 is 0 Å². The predicted molar refractivity (Wildman–Crippen MR) is 107 cm³/mol. The van der Waals surface area contributed by atoms with Crippen LogP contribution in [0.15, 0.2) is 65.6 Å². The molecule has 0 aliphatic carbocycles. The molecule has 0 aliphatic heterocycles. The zero-order valence-electron chi connectivity index (χ0n) is 15.4. The third-order valence-electron chi connectivity index (χ3n) is 4.49. The van der Waals surface area contributed by atoms with Gasteiger partial charge in [0.15, 0.2) is 9.84 Å². The van der Waals surface area contributed by atoms with Crippen LogP contribution in [0.2, 0.25) is 0 Å². The highest BCUT2D eigenvalue weighted by Gasteiger charge is 2.17. The predicted octanol–water partition coefficient (Wildman–Crippen LogP) is 3.99. The first-order chi connectivity index (χ1) is 12.8. The molecule has 1 atom stereocenters. The topological polar surface area (TPSA) is 72.5 Å². The summed E-state index contributed by atoms with van der Waals surface area (Å²) in [7, 11) is -1.70. The minimum atomic E-state index is -3.33. The van der Waals surface area contributed by atoms with E-state index in [1.54, 1.807) is 19.2 Å². The third-order valence-corrected chi connectivity index (χ3v) is 5.60. The lowest BCUT2D eigenvalue weighted by molar-refractivity contribution is -0.117. The van der Waals surface area contributed by atoms with Crippen molar-refractivity contribution in [1.82, 2.24) is 0 Å². The molecular weight excluding hydrogens is 362 g/mol. The van der Waals surface area contributed by atoms with E-state index in [1.165, 1.54) is 12.1 Å². The van der Waals surface area contributed by atoms with Gasteiger partial charge < -0.3 is 10.1 Å². The van der Waals surface area contributed by atoms with E-state index in [-0.39, 0.29) is 10.8 Å². The summed E-state index contributed by atoms with van der Waals surface area (Å²) in [4.78, 5) is 12.8. The van der Waals surface area contributed by atoms with Crippen molar-refractivity contribution in [3.63, 3.8) is 0 Å². The van der Waals surface area contributed by atoms with Crippen LogP contribution in [0, 0.1) is 0 Å². The average Bonchev–Trinajstić information content (AvgIpc) is 2.66. The number of carbonyl (C=O) groups excluding carboxylic acids is 1. The van der Waals surface area contributed by atoms with Gasteiger partial charge in [0.2, 0.25) is 5.91 Å². The molecule has 3 rings (SSSR count). The smallest absolute Gasteiger partial charge is 0.231 e. The van der Waals surface area contributed by atoms with E-state index in [4.69, 9.17) is 4.74 Å². The number of hydrogen-bond donors (Lipinski definition) is 1. The minimum absolute atomic E-state index is 0.174. The number of sulfone groups is 1. The molecule has 1 amide bonds. The molecule has 0 saturated heterocycles. The molecule has 0 aromatic heterocycles. The second-order valence-electron chi connectivity index (χ2n) is 6.48. The number of amides is 1. The molecule has 0 saturated carbocycles. The minimum Gasteiger partial charge on any atom is -0.497 e. The lowest BCUT2D eigenvalue weighted by Crippen LogP contribution is -2.19. The number of fused-ring (bicyclic) bond motifs is 1. The molecule has 0 heterocycles. The maximum absolute atomic E-state index is 12.6. The monoisotopic (exact) mass is 383 g/mol. The van der Waals surface area contributed by atoms with Gasteiger partial charge in [-0.15, -0.1) is 0 Å². The number of ether oxygens (including phenoxy) is 1. The molecule has 0 radical (unpaired) electrons. The van der Waals surface area contributed by atoms with Crippen molar-refractivity contribution in [3.8, 4) is 5.75 Å². The summed E-state index contributed by atoms with van der Waals surface area (Å²) in [6, 6.07) is 17.9. The zero-order valence-corrected chi connectivity index (χ0v) is 16.2. The number of benzene rings is 3. The van der Waals surface area contributed by atoms with E-state index in [0.717, 1.165) is 28.3 Å². The summed E-state index contributed by atoms with van der Waals surface area (Å²) in [5, 5.41) is 4.85. The van der Waals surface area contributed by atoms with Gasteiger partial charge in [-0.1, -0.05) is 30.3 Å². The Labute approximate surface area is 158 Å². The highest BCUT2D eigenvalue weighted by atomic mass is 32.2. The Morgan fingerprint density at radius 2 is 1.70 bits per heavy atom. The second kappa shape index (κ2) is 7.40. The number of hydrogen-bond acceptors (Lipinski definition) is 4. The average molecular weight is 383 g/mol. The Balaban J connectivity index is 1.82.